The predicted octanol–water partition coefficient (Wildman–Crippen LogP) is 4.96. The Balaban J connectivity index is 2.08. The van der Waals surface area contributed by atoms with Gasteiger partial charge in [0.1, 0.15) is 0 Å². The molecule has 3 rings (SSSR count). The van der Waals surface area contributed by atoms with Crippen molar-refractivity contribution >= 4 is 27.5 Å². The molecule has 2 heteroatoms. The highest BCUT2D eigenvalue weighted by molar-refractivity contribution is 6.05. The van der Waals surface area contributed by atoms with Gasteiger partial charge < -0.3 is 4.74 Å². The number of carbonyl (C=O) groups is 1. The second-order valence-electron chi connectivity index (χ2n) is 5.86. The molecule has 0 aliphatic rings. The lowest BCUT2D eigenvalue weighted by atomic mass is 9.91. The Morgan fingerprint density at radius 3 is 1.91 bits per heavy atom. The third-order valence-corrected chi connectivity index (χ3v) is 4.25. The summed E-state index contributed by atoms with van der Waals surface area (Å²) in [6, 6.07) is 16.8. The van der Waals surface area contributed by atoms with Gasteiger partial charge in [-0.3, -0.25) is 0 Å². The molecule has 0 radical (unpaired) electrons. The average Bonchev–Trinajstić information content (AvgIpc) is 2.57. The van der Waals surface area contributed by atoms with E-state index in [1.807, 2.05) is 0 Å². The summed E-state index contributed by atoms with van der Waals surface area (Å²) in [5.41, 5.74) is 2.96. The summed E-state index contributed by atoms with van der Waals surface area (Å²) in [7, 11) is 0. The molecule has 0 unspecified atom stereocenters. The van der Waals surface area contributed by atoms with Crippen LogP contribution in [0, 0.1) is 6.92 Å². The summed E-state index contributed by atoms with van der Waals surface area (Å²) >= 11 is 0. The maximum absolute atomic E-state index is 11.6. The van der Waals surface area contributed by atoms with Crippen LogP contribution in [0.1, 0.15) is 18.1 Å². The van der Waals surface area contributed by atoms with Crippen molar-refractivity contribution in [2.75, 3.05) is 6.61 Å². The minimum absolute atomic E-state index is 0.328. The van der Waals surface area contributed by atoms with Crippen molar-refractivity contribution in [3.8, 4) is 0 Å². The molecule has 0 saturated heterocycles. The van der Waals surface area contributed by atoms with E-state index in [0.717, 1.165) is 0 Å². The van der Waals surface area contributed by atoms with Crippen LogP contribution in [0.5, 0.6) is 0 Å². The van der Waals surface area contributed by atoms with Crippen LogP contribution in [0.4, 0.5) is 0 Å². The van der Waals surface area contributed by atoms with Gasteiger partial charge in [0.2, 0.25) is 0 Å². The summed E-state index contributed by atoms with van der Waals surface area (Å²) in [5, 5.41) is 4.98. The Bertz CT molecular complexity index is 849. The van der Waals surface area contributed by atoms with Gasteiger partial charge in [-0.1, -0.05) is 55.1 Å². The Morgan fingerprint density at radius 2 is 1.43 bits per heavy atom. The van der Waals surface area contributed by atoms with Gasteiger partial charge in [-0.2, -0.15) is 0 Å². The number of fused-ring (bicyclic) bond motifs is 2. The fraction of sp³-hybridized carbons (Fsp3) is 0.190. The monoisotopic (exact) mass is 304 g/mol. The molecule has 3 aromatic rings. The van der Waals surface area contributed by atoms with E-state index in [-0.39, 0.29) is 5.97 Å². The maximum atomic E-state index is 11.6. The smallest absolute Gasteiger partial charge is 0.333 e. The van der Waals surface area contributed by atoms with Crippen LogP contribution < -0.4 is 0 Å². The van der Waals surface area contributed by atoms with E-state index < -0.39 is 0 Å². The highest BCUT2D eigenvalue weighted by Gasteiger charge is 2.11. The summed E-state index contributed by atoms with van der Waals surface area (Å²) in [6.07, 6.45) is 0.695. The summed E-state index contributed by atoms with van der Waals surface area (Å²) < 4.78 is 5.30. The molecule has 0 aliphatic carbocycles. The highest BCUT2D eigenvalue weighted by atomic mass is 16.5. The quantitative estimate of drug-likeness (QED) is 0.387. The van der Waals surface area contributed by atoms with Crippen molar-refractivity contribution in [2.24, 2.45) is 0 Å². The molecular weight excluding hydrogens is 284 g/mol. The van der Waals surface area contributed by atoms with E-state index in [0.29, 0.717) is 18.6 Å². The van der Waals surface area contributed by atoms with E-state index in [1.165, 1.54) is 32.7 Å². The second-order valence-corrected chi connectivity index (χ2v) is 5.86. The van der Waals surface area contributed by atoms with Crippen molar-refractivity contribution in [3.05, 3.63) is 71.8 Å². The average molecular weight is 304 g/mol. The molecule has 0 heterocycles. The molecule has 0 amide bonds. The van der Waals surface area contributed by atoms with E-state index in [9.17, 15) is 4.79 Å². The fourth-order valence-corrected chi connectivity index (χ4v) is 3.08. The van der Waals surface area contributed by atoms with E-state index in [1.54, 1.807) is 6.92 Å². The zero-order chi connectivity index (χ0) is 16.4. The Morgan fingerprint density at radius 1 is 0.957 bits per heavy atom. The normalized spacial score (nSPS) is 10.9. The van der Waals surface area contributed by atoms with Crippen LogP contribution in [-0.2, 0) is 16.0 Å². The predicted molar refractivity (Wildman–Crippen MR) is 95.7 cm³/mol. The van der Waals surface area contributed by atoms with Crippen LogP contribution in [0.2, 0.25) is 0 Å². The van der Waals surface area contributed by atoms with Crippen molar-refractivity contribution in [2.45, 2.75) is 20.3 Å². The van der Waals surface area contributed by atoms with Gasteiger partial charge in [-0.05, 0) is 46.5 Å². The van der Waals surface area contributed by atoms with Crippen LogP contribution in [0.25, 0.3) is 21.5 Å². The Kier molecular flexibility index (Phi) is 4.16. The van der Waals surface area contributed by atoms with Crippen molar-refractivity contribution < 1.29 is 9.53 Å². The second kappa shape index (κ2) is 6.25. The summed E-state index contributed by atoms with van der Waals surface area (Å²) in [5.74, 6) is -0.328. The Hall–Kier alpha value is -2.61. The van der Waals surface area contributed by atoms with Crippen LogP contribution in [-0.4, -0.2) is 12.6 Å². The molecular formula is C21H20O2. The first-order chi connectivity index (χ1) is 11.1. The topological polar surface area (TPSA) is 26.3 Å². The number of benzene rings is 3. The molecule has 0 saturated carbocycles. The van der Waals surface area contributed by atoms with Crippen molar-refractivity contribution in [1.82, 2.24) is 0 Å². The zero-order valence-corrected chi connectivity index (χ0v) is 13.6. The summed E-state index contributed by atoms with van der Waals surface area (Å²) in [4.78, 5) is 11.6. The largest absolute Gasteiger partial charge is 0.462 e. The van der Waals surface area contributed by atoms with Gasteiger partial charge in [0, 0.05) is 12.0 Å². The number of hydrogen-bond acceptors (Lipinski definition) is 2. The molecule has 0 spiro atoms. The lowest BCUT2D eigenvalue weighted by Crippen LogP contribution is -2.08. The van der Waals surface area contributed by atoms with E-state index in [2.05, 4.69) is 62.0 Å². The fourth-order valence-electron chi connectivity index (χ4n) is 3.08. The first-order valence-corrected chi connectivity index (χ1v) is 7.81. The first-order valence-electron chi connectivity index (χ1n) is 7.81. The van der Waals surface area contributed by atoms with Crippen molar-refractivity contribution in [1.29, 1.82) is 0 Å². The highest BCUT2D eigenvalue weighted by Crippen LogP contribution is 2.32. The van der Waals surface area contributed by atoms with Gasteiger partial charge >= 0.3 is 5.97 Å². The first kappa shape index (κ1) is 15.3. The molecule has 0 fully saturated rings. The lowest BCUT2D eigenvalue weighted by Gasteiger charge is -2.15. The van der Waals surface area contributed by atoms with Gasteiger partial charge in [-0.25, -0.2) is 4.79 Å². The minimum Gasteiger partial charge on any atom is -0.462 e. The van der Waals surface area contributed by atoms with Crippen molar-refractivity contribution in [3.63, 3.8) is 0 Å². The van der Waals surface area contributed by atoms with Gasteiger partial charge in [0.15, 0.2) is 0 Å². The van der Waals surface area contributed by atoms with Gasteiger partial charge in [-0.15, -0.1) is 0 Å². The standard InChI is InChI=1S/C21H20O2/c1-14(2)21(22)23-13-12-20-18-10-6-4-8-16(18)15(3)17-9-5-7-11-19(17)20/h4-11H,1,12-13H2,2-3H3. The molecule has 0 aliphatic heterocycles. The third-order valence-electron chi connectivity index (χ3n) is 4.25. The van der Waals surface area contributed by atoms with Crippen LogP contribution in [0.15, 0.2) is 60.7 Å². The third kappa shape index (κ3) is 2.85. The van der Waals surface area contributed by atoms with E-state index >= 15 is 0 Å². The number of esters is 1. The van der Waals surface area contributed by atoms with Gasteiger partial charge in [0.05, 0.1) is 6.61 Å². The number of carbonyl (C=O) groups excluding carboxylic acids is 1. The number of rotatable bonds is 4. The van der Waals surface area contributed by atoms with Crippen LogP contribution in [0.3, 0.4) is 0 Å². The molecule has 0 aromatic heterocycles. The maximum Gasteiger partial charge on any atom is 0.333 e. The van der Waals surface area contributed by atoms with E-state index in [4.69, 9.17) is 4.74 Å². The van der Waals surface area contributed by atoms with Gasteiger partial charge in [0.25, 0.3) is 0 Å². The number of ether oxygens (including phenoxy) is 1. The number of aryl methyl sites for hydroxylation is 1. The lowest BCUT2D eigenvalue weighted by molar-refractivity contribution is -0.138. The SMILES string of the molecule is C=C(C)C(=O)OCCc1c2ccccc2c(C)c2ccccc12. The molecule has 0 atom stereocenters. The molecule has 3 aromatic carbocycles. The Labute approximate surface area is 136 Å². The number of hydrogen-bond donors (Lipinski definition) is 0. The zero-order valence-electron chi connectivity index (χ0n) is 13.6. The molecule has 23 heavy (non-hydrogen) atoms. The molecule has 0 N–H and O–H groups in total. The summed E-state index contributed by atoms with van der Waals surface area (Å²) in [6.45, 7) is 7.81. The molecule has 0 bridgehead atoms. The molecule has 2 nitrogen and oxygen atoms in total. The minimum atomic E-state index is -0.328. The molecule has 116 valence electrons. The van der Waals surface area contributed by atoms with Crippen LogP contribution >= 0.6 is 0 Å².